The maximum Gasteiger partial charge on any atom is 0.339 e. The van der Waals surface area contributed by atoms with Crippen molar-refractivity contribution < 1.29 is 24.2 Å². The van der Waals surface area contributed by atoms with Crippen molar-refractivity contribution in [2.45, 2.75) is 25.8 Å². The van der Waals surface area contributed by atoms with Gasteiger partial charge in [-0.1, -0.05) is 0 Å². The van der Waals surface area contributed by atoms with Crippen molar-refractivity contribution in [1.82, 2.24) is 0 Å². The highest BCUT2D eigenvalue weighted by atomic mass is 16.5. The second-order valence-corrected chi connectivity index (χ2v) is 4.64. The number of aromatic carboxylic acids is 1. The Labute approximate surface area is 116 Å². The molecule has 0 atom stereocenters. The lowest BCUT2D eigenvalue weighted by atomic mass is 10.1. The van der Waals surface area contributed by atoms with Gasteiger partial charge in [0.1, 0.15) is 11.3 Å². The lowest BCUT2D eigenvalue weighted by Crippen LogP contribution is -2.27. The van der Waals surface area contributed by atoms with E-state index in [2.05, 4.69) is 5.32 Å². The first-order valence-electron chi connectivity index (χ1n) is 6.46. The molecule has 0 unspecified atom stereocenters. The molecule has 0 aromatic heterocycles. The third-order valence-electron chi connectivity index (χ3n) is 3.06. The van der Waals surface area contributed by atoms with Crippen molar-refractivity contribution in [3.8, 4) is 5.75 Å². The van der Waals surface area contributed by atoms with Crippen molar-refractivity contribution in [3.05, 3.63) is 23.8 Å². The van der Waals surface area contributed by atoms with Gasteiger partial charge in [-0.15, -0.1) is 0 Å². The van der Waals surface area contributed by atoms with Crippen LogP contribution in [0.2, 0.25) is 0 Å². The molecular formula is C14H17NO5. The van der Waals surface area contributed by atoms with E-state index in [0.29, 0.717) is 13.2 Å². The number of ether oxygens (including phenoxy) is 2. The van der Waals surface area contributed by atoms with E-state index in [1.165, 1.54) is 13.0 Å². The van der Waals surface area contributed by atoms with Crippen LogP contribution in [-0.4, -0.2) is 36.3 Å². The van der Waals surface area contributed by atoms with E-state index in [1.807, 2.05) is 0 Å². The van der Waals surface area contributed by atoms with E-state index in [4.69, 9.17) is 14.6 Å². The molecule has 1 fully saturated rings. The Morgan fingerprint density at radius 3 is 2.65 bits per heavy atom. The van der Waals surface area contributed by atoms with E-state index in [-0.39, 0.29) is 17.4 Å². The summed E-state index contributed by atoms with van der Waals surface area (Å²) in [6.07, 6.45) is 1.78. The van der Waals surface area contributed by atoms with Crippen LogP contribution in [-0.2, 0) is 9.53 Å². The minimum atomic E-state index is -1.13. The average Bonchev–Trinajstić information content (AvgIpc) is 2.39. The molecule has 1 aromatic carbocycles. The Bertz CT molecular complexity index is 508. The molecule has 1 aliphatic heterocycles. The van der Waals surface area contributed by atoms with Crippen LogP contribution in [0.25, 0.3) is 0 Å². The van der Waals surface area contributed by atoms with Crippen LogP contribution in [0.15, 0.2) is 18.2 Å². The minimum Gasteiger partial charge on any atom is -0.478 e. The first kappa shape index (κ1) is 14.3. The van der Waals surface area contributed by atoms with Gasteiger partial charge in [-0.3, -0.25) is 4.79 Å². The molecule has 1 heterocycles. The number of benzene rings is 1. The zero-order chi connectivity index (χ0) is 14.5. The van der Waals surface area contributed by atoms with Gasteiger partial charge < -0.3 is 19.9 Å². The first-order valence-corrected chi connectivity index (χ1v) is 6.46. The van der Waals surface area contributed by atoms with Gasteiger partial charge in [0.05, 0.1) is 0 Å². The molecule has 0 spiro atoms. The molecule has 108 valence electrons. The SMILES string of the molecule is CC(=O)Oc1cc(NC2CCOCC2)ccc1C(=O)O. The Morgan fingerprint density at radius 2 is 2.05 bits per heavy atom. The number of hydrogen-bond donors (Lipinski definition) is 2. The summed E-state index contributed by atoms with van der Waals surface area (Å²) in [5.74, 6) is -1.61. The number of carboxylic acid groups (broad SMARTS) is 1. The predicted molar refractivity (Wildman–Crippen MR) is 72.2 cm³/mol. The maximum absolute atomic E-state index is 11.1. The highest BCUT2D eigenvalue weighted by molar-refractivity contribution is 5.92. The standard InChI is InChI=1S/C14H17NO5/c1-9(16)20-13-8-11(2-3-12(13)14(17)18)15-10-4-6-19-7-5-10/h2-3,8,10,15H,4-7H2,1H3,(H,17,18). The third kappa shape index (κ3) is 3.71. The number of nitrogens with one attached hydrogen (secondary N) is 1. The number of carbonyl (C=O) groups is 2. The van der Waals surface area contributed by atoms with Crippen molar-refractivity contribution in [3.63, 3.8) is 0 Å². The summed E-state index contributed by atoms with van der Waals surface area (Å²) in [5, 5.41) is 12.4. The van der Waals surface area contributed by atoms with Gasteiger partial charge in [-0.05, 0) is 25.0 Å². The molecule has 0 bridgehead atoms. The average molecular weight is 279 g/mol. The summed E-state index contributed by atoms with van der Waals surface area (Å²) in [6.45, 7) is 2.66. The molecule has 1 aliphatic rings. The lowest BCUT2D eigenvalue weighted by Gasteiger charge is -2.24. The van der Waals surface area contributed by atoms with Crippen molar-refractivity contribution in [2.24, 2.45) is 0 Å². The largest absolute Gasteiger partial charge is 0.478 e. The van der Waals surface area contributed by atoms with Crippen LogP contribution in [0.1, 0.15) is 30.1 Å². The third-order valence-corrected chi connectivity index (χ3v) is 3.06. The molecule has 0 radical (unpaired) electrons. The summed E-state index contributed by atoms with van der Waals surface area (Å²) in [6, 6.07) is 4.93. The Hall–Kier alpha value is -2.08. The molecule has 6 nitrogen and oxygen atoms in total. The Morgan fingerprint density at radius 1 is 1.35 bits per heavy atom. The number of carbonyl (C=O) groups excluding carboxylic acids is 1. The zero-order valence-corrected chi connectivity index (χ0v) is 11.2. The smallest absolute Gasteiger partial charge is 0.339 e. The molecule has 1 saturated heterocycles. The molecule has 6 heteroatoms. The van der Waals surface area contributed by atoms with Crippen LogP contribution < -0.4 is 10.1 Å². The Balaban J connectivity index is 2.17. The fourth-order valence-corrected chi connectivity index (χ4v) is 2.11. The van der Waals surface area contributed by atoms with Crippen LogP contribution in [0.4, 0.5) is 5.69 Å². The normalized spacial score (nSPS) is 15.7. The number of carboxylic acids is 1. The number of esters is 1. The second kappa shape index (κ2) is 6.38. The Kier molecular flexibility index (Phi) is 4.57. The van der Waals surface area contributed by atoms with Crippen molar-refractivity contribution >= 4 is 17.6 Å². The summed E-state index contributed by atoms with van der Waals surface area (Å²) in [4.78, 5) is 22.1. The molecule has 2 N–H and O–H groups in total. The molecule has 1 aromatic rings. The highest BCUT2D eigenvalue weighted by Gasteiger charge is 2.17. The summed E-state index contributed by atoms with van der Waals surface area (Å²) >= 11 is 0. The van der Waals surface area contributed by atoms with Crippen LogP contribution >= 0.6 is 0 Å². The number of rotatable bonds is 4. The summed E-state index contributed by atoms with van der Waals surface area (Å²) < 4.78 is 10.2. The van der Waals surface area contributed by atoms with Gasteiger partial charge in [0.15, 0.2) is 0 Å². The van der Waals surface area contributed by atoms with E-state index in [9.17, 15) is 9.59 Å². The molecule has 0 amide bonds. The van der Waals surface area contributed by atoms with E-state index in [1.54, 1.807) is 12.1 Å². The van der Waals surface area contributed by atoms with E-state index < -0.39 is 11.9 Å². The molecule has 20 heavy (non-hydrogen) atoms. The monoisotopic (exact) mass is 279 g/mol. The van der Waals surface area contributed by atoms with E-state index >= 15 is 0 Å². The number of hydrogen-bond acceptors (Lipinski definition) is 5. The summed E-state index contributed by atoms with van der Waals surface area (Å²) in [5.41, 5.74) is 0.705. The fraction of sp³-hybridized carbons (Fsp3) is 0.429. The van der Waals surface area contributed by atoms with Gasteiger partial charge in [0.2, 0.25) is 0 Å². The summed E-state index contributed by atoms with van der Waals surface area (Å²) in [7, 11) is 0. The van der Waals surface area contributed by atoms with E-state index in [0.717, 1.165) is 18.5 Å². The maximum atomic E-state index is 11.1. The molecular weight excluding hydrogens is 262 g/mol. The van der Waals surface area contributed by atoms with Crippen LogP contribution in [0, 0.1) is 0 Å². The topological polar surface area (TPSA) is 84.9 Å². The van der Waals surface area contributed by atoms with Gasteiger partial charge in [-0.2, -0.15) is 0 Å². The van der Waals surface area contributed by atoms with Crippen LogP contribution in [0.3, 0.4) is 0 Å². The van der Waals surface area contributed by atoms with Gasteiger partial charge in [0.25, 0.3) is 0 Å². The minimum absolute atomic E-state index is 0.0299. The van der Waals surface area contributed by atoms with Crippen molar-refractivity contribution in [1.29, 1.82) is 0 Å². The number of anilines is 1. The zero-order valence-electron chi connectivity index (χ0n) is 11.2. The van der Waals surface area contributed by atoms with Crippen LogP contribution in [0.5, 0.6) is 5.75 Å². The molecule has 0 saturated carbocycles. The highest BCUT2D eigenvalue weighted by Crippen LogP contribution is 2.25. The predicted octanol–water partition coefficient (Wildman–Crippen LogP) is 1.90. The quantitative estimate of drug-likeness (QED) is 0.647. The second-order valence-electron chi connectivity index (χ2n) is 4.64. The first-order chi connectivity index (χ1) is 9.56. The van der Waals surface area contributed by atoms with Gasteiger partial charge in [-0.25, -0.2) is 4.79 Å². The fourth-order valence-electron chi connectivity index (χ4n) is 2.11. The molecule has 0 aliphatic carbocycles. The van der Waals surface area contributed by atoms with Crippen molar-refractivity contribution in [2.75, 3.05) is 18.5 Å². The van der Waals surface area contributed by atoms with Gasteiger partial charge in [0, 0.05) is 37.9 Å². The molecule has 2 rings (SSSR count). The lowest BCUT2D eigenvalue weighted by molar-refractivity contribution is -0.131. The van der Waals surface area contributed by atoms with Gasteiger partial charge >= 0.3 is 11.9 Å².